The molecule has 0 aromatic heterocycles. The summed E-state index contributed by atoms with van der Waals surface area (Å²) in [6, 6.07) is 5.02. The molecule has 1 heterocycles. The summed E-state index contributed by atoms with van der Waals surface area (Å²) in [5.41, 5.74) is 0.936. The van der Waals surface area contributed by atoms with E-state index in [1.807, 2.05) is 18.2 Å². The highest BCUT2D eigenvalue weighted by Gasteiger charge is 2.32. The lowest BCUT2D eigenvalue weighted by atomic mass is 10.1. The maximum atomic E-state index is 10.8. The van der Waals surface area contributed by atoms with Gasteiger partial charge in [-0.2, -0.15) is 0 Å². The Morgan fingerprint density at radius 1 is 1.44 bits per heavy atom. The zero-order chi connectivity index (χ0) is 13.1. The first-order chi connectivity index (χ1) is 8.65. The molecule has 1 saturated heterocycles. The van der Waals surface area contributed by atoms with Gasteiger partial charge in [-0.3, -0.25) is 0 Å². The Labute approximate surface area is 109 Å². The largest absolute Gasteiger partial charge is 0.544 e. The molecular weight excluding hydrogens is 254 g/mol. The van der Waals surface area contributed by atoms with Gasteiger partial charge in [0, 0.05) is 0 Å². The molecule has 2 N–H and O–H groups in total. The fourth-order valence-corrected chi connectivity index (χ4v) is 3.26. The second kappa shape index (κ2) is 5.49. The summed E-state index contributed by atoms with van der Waals surface area (Å²) in [7, 11) is 3.20. The molecule has 1 fully saturated rings. The Balaban J connectivity index is 2.24. The third-order valence-electron chi connectivity index (χ3n) is 2.91. The minimum absolute atomic E-state index is 0.00190. The summed E-state index contributed by atoms with van der Waals surface area (Å²) < 4.78 is 10.5. The number of hydrogen-bond acceptors (Lipinski definition) is 5. The Kier molecular flexibility index (Phi) is 3.98. The van der Waals surface area contributed by atoms with Crippen LogP contribution in [0, 0.1) is 0 Å². The molecule has 0 radical (unpaired) electrons. The first-order valence-electron chi connectivity index (χ1n) is 5.55. The number of carbonyl (C=O) groups excluding carboxylic acids is 1. The number of thioether (sulfide) groups is 1. The highest BCUT2D eigenvalue weighted by Crippen LogP contribution is 2.35. The molecule has 2 unspecified atom stereocenters. The molecule has 0 aliphatic carbocycles. The fourth-order valence-electron chi connectivity index (χ4n) is 1.93. The van der Waals surface area contributed by atoms with Gasteiger partial charge in [-0.25, -0.2) is 0 Å². The SMILES string of the molecule is COc1ccc(OC)c(C2[NH2+]C(C(=O)[O-])CS2)c1. The average Bonchev–Trinajstić information content (AvgIpc) is 2.87. The van der Waals surface area contributed by atoms with Gasteiger partial charge in [0.2, 0.25) is 0 Å². The lowest BCUT2D eigenvalue weighted by Crippen LogP contribution is -2.90. The molecule has 2 atom stereocenters. The molecule has 0 saturated carbocycles. The Morgan fingerprint density at radius 3 is 2.78 bits per heavy atom. The summed E-state index contributed by atoms with van der Waals surface area (Å²) in [6.45, 7) is 0. The normalized spacial score (nSPS) is 22.8. The van der Waals surface area contributed by atoms with Crippen molar-refractivity contribution in [2.75, 3.05) is 20.0 Å². The molecule has 1 aromatic rings. The van der Waals surface area contributed by atoms with Crippen LogP contribution in [0.15, 0.2) is 18.2 Å². The van der Waals surface area contributed by atoms with E-state index in [4.69, 9.17) is 9.47 Å². The van der Waals surface area contributed by atoms with Crippen LogP contribution < -0.4 is 19.9 Å². The Morgan fingerprint density at radius 2 is 2.22 bits per heavy atom. The zero-order valence-corrected chi connectivity index (χ0v) is 11.0. The Bertz CT molecular complexity index is 452. The van der Waals surface area contributed by atoms with Gasteiger partial charge in [-0.1, -0.05) is 11.8 Å². The standard InChI is InChI=1S/C12H15NO4S/c1-16-7-3-4-10(17-2)8(5-7)11-13-9(6-18-11)12(14)15/h3-5,9,11,13H,6H2,1-2H3,(H,14,15). The van der Waals surface area contributed by atoms with E-state index in [0.29, 0.717) is 5.75 Å². The van der Waals surface area contributed by atoms with Gasteiger partial charge in [0.15, 0.2) is 5.37 Å². The number of aliphatic carboxylic acids is 1. The predicted molar refractivity (Wildman–Crippen MR) is 65.5 cm³/mol. The number of ether oxygens (including phenoxy) is 2. The molecule has 5 nitrogen and oxygen atoms in total. The number of methoxy groups -OCH3 is 2. The topological polar surface area (TPSA) is 75.2 Å². The monoisotopic (exact) mass is 269 g/mol. The van der Waals surface area contributed by atoms with Gasteiger partial charge in [0.25, 0.3) is 0 Å². The number of nitrogens with two attached hydrogens (primary N) is 1. The zero-order valence-electron chi connectivity index (χ0n) is 10.2. The summed E-state index contributed by atoms with van der Waals surface area (Å²) in [5.74, 6) is 0.986. The molecule has 1 aliphatic heterocycles. The van der Waals surface area contributed by atoms with E-state index < -0.39 is 12.0 Å². The van der Waals surface area contributed by atoms with Crippen LogP contribution >= 0.6 is 11.8 Å². The van der Waals surface area contributed by atoms with Gasteiger partial charge in [-0.05, 0) is 18.2 Å². The quantitative estimate of drug-likeness (QED) is 0.769. The van der Waals surface area contributed by atoms with E-state index in [1.54, 1.807) is 31.3 Å². The minimum Gasteiger partial charge on any atom is -0.544 e. The number of carbonyl (C=O) groups is 1. The second-order valence-electron chi connectivity index (χ2n) is 3.98. The van der Waals surface area contributed by atoms with Gasteiger partial charge < -0.3 is 24.7 Å². The molecule has 2 rings (SSSR count). The lowest BCUT2D eigenvalue weighted by Gasteiger charge is -2.15. The summed E-state index contributed by atoms with van der Waals surface area (Å²) in [6.07, 6.45) is 0. The van der Waals surface area contributed by atoms with Crippen molar-refractivity contribution in [1.29, 1.82) is 0 Å². The van der Waals surface area contributed by atoms with Crippen molar-refractivity contribution in [3.8, 4) is 11.5 Å². The van der Waals surface area contributed by atoms with Crippen LogP contribution in [0.4, 0.5) is 0 Å². The van der Waals surface area contributed by atoms with Crippen LogP contribution in [-0.4, -0.2) is 32.0 Å². The summed E-state index contributed by atoms with van der Waals surface area (Å²) in [5, 5.41) is 12.6. The average molecular weight is 269 g/mol. The lowest BCUT2D eigenvalue weighted by molar-refractivity contribution is -0.690. The van der Waals surface area contributed by atoms with E-state index in [2.05, 4.69) is 0 Å². The van der Waals surface area contributed by atoms with Crippen molar-refractivity contribution in [3.05, 3.63) is 23.8 Å². The van der Waals surface area contributed by atoms with Gasteiger partial charge in [-0.15, -0.1) is 0 Å². The van der Waals surface area contributed by atoms with Gasteiger partial charge >= 0.3 is 0 Å². The van der Waals surface area contributed by atoms with Crippen LogP contribution in [0.2, 0.25) is 0 Å². The molecular formula is C12H15NO4S. The number of quaternary nitrogens is 1. The summed E-state index contributed by atoms with van der Waals surface area (Å²) >= 11 is 1.57. The fraction of sp³-hybridized carbons (Fsp3) is 0.417. The van der Waals surface area contributed by atoms with Crippen molar-refractivity contribution >= 4 is 17.7 Å². The predicted octanol–water partition coefficient (Wildman–Crippen LogP) is -0.869. The van der Waals surface area contributed by atoms with Crippen LogP contribution in [0.25, 0.3) is 0 Å². The van der Waals surface area contributed by atoms with Crippen LogP contribution in [0.1, 0.15) is 10.9 Å². The molecule has 1 aliphatic rings. The highest BCUT2D eigenvalue weighted by molar-refractivity contribution is 7.99. The van der Waals surface area contributed by atoms with Crippen molar-refractivity contribution in [2.24, 2.45) is 0 Å². The number of hydrogen-bond donors (Lipinski definition) is 1. The van der Waals surface area contributed by atoms with Crippen LogP contribution in [-0.2, 0) is 4.79 Å². The van der Waals surface area contributed by atoms with Crippen molar-refractivity contribution < 1.29 is 24.7 Å². The number of carboxylic acid groups (broad SMARTS) is 1. The van der Waals surface area contributed by atoms with Gasteiger partial charge in [0.1, 0.15) is 23.5 Å². The van der Waals surface area contributed by atoms with Crippen LogP contribution in [0.3, 0.4) is 0 Å². The van der Waals surface area contributed by atoms with Crippen molar-refractivity contribution in [3.63, 3.8) is 0 Å². The molecule has 1 aromatic carbocycles. The first-order valence-corrected chi connectivity index (χ1v) is 6.60. The van der Waals surface area contributed by atoms with E-state index >= 15 is 0 Å². The van der Waals surface area contributed by atoms with Gasteiger partial charge in [0.05, 0.1) is 25.5 Å². The van der Waals surface area contributed by atoms with Crippen molar-refractivity contribution in [1.82, 2.24) is 0 Å². The molecule has 98 valence electrons. The Hall–Kier alpha value is -1.40. The summed E-state index contributed by atoms with van der Waals surface area (Å²) in [4.78, 5) is 10.8. The molecule has 0 amide bonds. The highest BCUT2D eigenvalue weighted by atomic mass is 32.2. The molecule has 6 heteroatoms. The second-order valence-corrected chi connectivity index (χ2v) is 5.15. The molecule has 0 spiro atoms. The van der Waals surface area contributed by atoms with E-state index in [9.17, 15) is 9.90 Å². The third-order valence-corrected chi connectivity index (χ3v) is 4.23. The van der Waals surface area contributed by atoms with E-state index in [-0.39, 0.29) is 5.37 Å². The van der Waals surface area contributed by atoms with E-state index in [1.165, 1.54) is 0 Å². The maximum absolute atomic E-state index is 10.8. The number of carboxylic acids is 1. The molecule has 0 bridgehead atoms. The van der Waals surface area contributed by atoms with Crippen molar-refractivity contribution in [2.45, 2.75) is 11.4 Å². The number of benzene rings is 1. The van der Waals surface area contributed by atoms with E-state index in [0.717, 1.165) is 17.1 Å². The smallest absolute Gasteiger partial charge is 0.163 e. The third kappa shape index (κ3) is 2.54. The van der Waals surface area contributed by atoms with Crippen LogP contribution in [0.5, 0.6) is 11.5 Å². The minimum atomic E-state index is -1.02. The maximum Gasteiger partial charge on any atom is 0.163 e. The first kappa shape index (κ1) is 13.0. The number of rotatable bonds is 4. The molecule has 18 heavy (non-hydrogen) atoms.